The molecule has 1 aromatic carbocycles. The van der Waals surface area contributed by atoms with Crippen molar-refractivity contribution >= 4 is 44.9 Å². The van der Waals surface area contributed by atoms with Crippen molar-refractivity contribution in [3.05, 3.63) is 51.6 Å². The van der Waals surface area contributed by atoms with Crippen LogP contribution < -0.4 is 10.2 Å². The van der Waals surface area contributed by atoms with E-state index >= 15 is 0 Å². The Balaban J connectivity index is 1.60. The van der Waals surface area contributed by atoms with E-state index in [-0.39, 0.29) is 16.8 Å². The van der Waals surface area contributed by atoms with Gasteiger partial charge in [0, 0.05) is 35.4 Å². The molecule has 0 radical (unpaired) electrons. The number of aromatic nitrogens is 1. The lowest BCUT2D eigenvalue weighted by Gasteiger charge is -2.32. The number of nitrogens with zero attached hydrogens (tertiary/aromatic N) is 2. The number of piperidine rings is 1. The molecule has 2 heterocycles. The Bertz CT molecular complexity index is 822. The number of halogens is 5. The van der Waals surface area contributed by atoms with Crippen molar-refractivity contribution in [3.8, 4) is 0 Å². The minimum Gasteiger partial charge on any atom is -0.355 e. The first-order valence-electron chi connectivity index (χ1n) is 8.28. The highest BCUT2D eigenvalue weighted by Crippen LogP contribution is 2.34. The van der Waals surface area contributed by atoms with Gasteiger partial charge in [0.1, 0.15) is 5.82 Å². The summed E-state index contributed by atoms with van der Waals surface area (Å²) in [6.07, 6.45) is -2.55. The Labute approximate surface area is 167 Å². The summed E-state index contributed by atoms with van der Waals surface area (Å²) in [7, 11) is 0. The molecule has 1 amide bonds. The maximum Gasteiger partial charge on any atom is 0.417 e. The minimum atomic E-state index is -4.48. The first kappa shape index (κ1) is 19.9. The van der Waals surface area contributed by atoms with Crippen LogP contribution in [0.3, 0.4) is 0 Å². The molecule has 1 saturated heterocycles. The predicted molar refractivity (Wildman–Crippen MR) is 102 cm³/mol. The molecule has 27 heavy (non-hydrogen) atoms. The topological polar surface area (TPSA) is 45.2 Å². The predicted octanol–water partition coefficient (Wildman–Crippen LogP) is 5.37. The maximum absolute atomic E-state index is 12.7. The van der Waals surface area contributed by atoms with Gasteiger partial charge in [-0.15, -0.1) is 0 Å². The minimum absolute atomic E-state index is 0.0393. The number of benzene rings is 1. The summed E-state index contributed by atoms with van der Waals surface area (Å²) in [5.41, 5.74) is -0.155. The molecular weight excluding hydrogens is 447 g/mol. The molecule has 9 heteroatoms. The van der Waals surface area contributed by atoms with Gasteiger partial charge in [0.25, 0.3) is 0 Å². The molecule has 0 atom stereocenters. The zero-order valence-electron chi connectivity index (χ0n) is 14.1. The van der Waals surface area contributed by atoms with Crippen LogP contribution in [0.2, 0.25) is 5.02 Å². The number of rotatable bonds is 3. The number of anilines is 2. The summed E-state index contributed by atoms with van der Waals surface area (Å²) in [5.74, 6) is 0.0815. The lowest BCUT2D eigenvalue weighted by atomic mass is 9.95. The zero-order chi connectivity index (χ0) is 19.6. The quantitative estimate of drug-likeness (QED) is 0.667. The standard InChI is InChI=1S/C18H16BrClF3N3O/c19-13-1-3-14(4-2-13)25-17(27)11-5-7-26(8-6-11)16-15(20)9-12(10-24-16)18(21,22)23/h1-4,9-11H,5-8H2,(H,25,27). The third kappa shape index (κ3) is 4.93. The number of amides is 1. The molecule has 0 spiro atoms. The molecule has 1 aliphatic heterocycles. The molecule has 0 aliphatic carbocycles. The summed E-state index contributed by atoms with van der Waals surface area (Å²) >= 11 is 9.34. The van der Waals surface area contributed by atoms with Crippen LogP contribution in [0, 0.1) is 5.92 Å². The zero-order valence-corrected chi connectivity index (χ0v) is 16.4. The Hall–Kier alpha value is -1.80. The van der Waals surface area contributed by atoms with Crippen LogP contribution >= 0.6 is 27.5 Å². The Morgan fingerprint density at radius 3 is 2.41 bits per heavy atom. The second-order valence-electron chi connectivity index (χ2n) is 6.28. The van der Waals surface area contributed by atoms with Gasteiger partial charge in [0.05, 0.1) is 10.6 Å². The highest BCUT2D eigenvalue weighted by atomic mass is 79.9. The highest BCUT2D eigenvalue weighted by Gasteiger charge is 2.33. The molecule has 1 fully saturated rings. The Morgan fingerprint density at radius 1 is 1.22 bits per heavy atom. The summed E-state index contributed by atoms with van der Waals surface area (Å²) in [4.78, 5) is 18.1. The lowest BCUT2D eigenvalue weighted by Crippen LogP contribution is -2.38. The van der Waals surface area contributed by atoms with Crippen molar-refractivity contribution in [2.45, 2.75) is 19.0 Å². The van der Waals surface area contributed by atoms with Crippen LogP contribution in [0.15, 0.2) is 41.0 Å². The Kier molecular flexibility index (Phi) is 5.95. The van der Waals surface area contributed by atoms with E-state index in [4.69, 9.17) is 11.6 Å². The van der Waals surface area contributed by atoms with E-state index in [1.165, 1.54) is 0 Å². The molecular formula is C18H16BrClF3N3O. The third-order valence-electron chi connectivity index (χ3n) is 4.43. The average Bonchev–Trinajstić information content (AvgIpc) is 2.63. The molecule has 1 aromatic heterocycles. The molecule has 0 unspecified atom stereocenters. The lowest BCUT2D eigenvalue weighted by molar-refractivity contribution is -0.137. The van der Waals surface area contributed by atoms with Gasteiger partial charge < -0.3 is 10.2 Å². The van der Waals surface area contributed by atoms with Gasteiger partial charge in [-0.25, -0.2) is 4.98 Å². The number of alkyl halides is 3. The number of hydrogen-bond donors (Lipinski definition) is 1. The van der Waals surface area contributed by atoms with Crippen LogP contribution in [0.5, 0.6) is 0 Å². The van der Waals surface area contributed by atoms with Crippen molar-refractivity contribution in [1.82, 2.24) is 4.98 Å². The second-order valence-corrected chi connectivity index (χ2v) is 7.61. The number of hydrogen-bond acceptors (Lipinski definition) is 3. The fourth-order valence-corrected chi connectivity index (χ4v) is 3.50. The highest BCUT2D eigenvalue weighted by molar-refractivity contribution is 9.10. The molecule has 0 saturated carbocycles. The number of pyridine rings is 1. The fourth-order valence-electron chi connectivity index (χ4n) is 2.95. The summed E-state index contributed by atoms with van der Waals surface area (Å²) in [6.45, 7) is 0.993. The Morgan fingerprint density at radius 2 is 1.85 bits per heavy atom. The van der Waals surface area contributed by atoms with Gasteiger partial charge in [-0.2, -0.15) is 13.2 Å². The van der Waals surface area contributed by atoms with Crippen LogP contribution in [-0.2, 0) is 11.0 Å². The smallest absolute Gasteiger partial charge is 0.355 e. The van der Waals surface area contributed by atoms with Gasteiger partial charge in [-0.3, -0.25) is 4.79 Å². The third-order valence-corrected chi connectivity index (χ3v) is 5.23. The SMILES string of the molecule is O=C(Nc1ccc(Br)cc1)C1CCN(c2ncc(C(F)(F)F)cc2Cl)CC1. The van der Waals surface area contributed by atoms with E-state index < -0.39 is 11.7 Å². The summed E-state index contributed by atoms with van der Waals surface area (Å²) < 4.78 is 39.1. The van der Waals surface area contributed by atoms with Crippen molar-refractivity contribution in [3.63, 3.8) is 0 Å². The van der Waals surface area contributed by atoms with E-state index in [0.29, 0.717) is 31.7 Å². The molecule has 0 bridgehead atoms. The second kappa shape index (κ2) is 8.06. The van der Waals surface area contributed by atoms with Crippen molar-refractivity contribution in [2.24, 2.45) is 5.92 Å². The van der Waals surface area contributed by atoms with Gasteiger partial charge >= 0.3 is 6.18 Å². The van der Waals surface area contributed by atoms with Crippen molar-refractivity contribution in [2.75, 3.05) is 23.3 Å². The van der Waals surface area contributed by atoms with Crippen molar-refractivity contribution < 1.29 is 18.0 Å². The van der Waals surface area contributed by atoms with Crippen LogP contribution in [-0.4, -0.2) is 24.0 Å². The van der Waals surface area contributed by atoms with Crippen LogP contribution in [0.4, 0.5) is 24.7 Å². The molecule has 1 N–H and O–H groups in total. The maximum atomic E-state index is 12.7. The molecule has 144 valence electrons. The molecule has 1 aliphatic rings. The molecule has 3 rings (SSSR count). The van der Waals surface area contributed by atoms with Gasteiger partial charge in [0.15, 0.2) is 0 Å². The largest absolute Gasteiger partial charge is 0.417 e. The normalized spacial score (nSPS) is 15.7. The summed E-state index contributed by atoms with van der Waals surface area (Å²) in [6, 6.07) is 8.19. The summed E-state index contributed by atoms with van der Waals surface area (Å²) in [5, 5.41) is 2.84. The number of carbonyl (C=O) groups excluding carboxylic acids is 1. The number of carbonyl (C=O) groups is 1. The first-order chi connectivity index (χ1) is 12.7. The molecule has 2 aromatic rings. The van der Waals surface area contributed by atoms with E-state index in [2.05, 4.69) is 26.2 Å². The van der Waals surface area contributed by atoms with Gasteiger partial charge in [-0.1, -0.05) is 27.5 Å². The van der Waals surface area contributed by atoms with E-state index in [0.717, 1.165) is 22.4 Å². The van der Waals surface area contributed by atoms with Crippen LogP contribution in [0.1, 0.15) is 18.4 Å². The van der Waals surface area contributed by atoms with E-state index in [1.807, 2.05) is 29.2 Å². The number of nitrogens with one attached hydrogen (secondary N) is 1. The average molecular weight is 463 g/mol. The monoisotopic (exact) mass is 461 g/mol. The van der Waals surface area contributed by atoms with Crippen LogP contribution in [0.25, 0.3) is 0 Å². The van der Waals surface area contributed by atoms with Gasteiger partial charge in [-0.05, 0) is 43.2 Å². The van der Waals surface area contributed by atoms with E-state index in [1.54, 1.807) is 0 Å². The fraction of sp³-hybridized carbons (Fsp3) is 0.333. The molecule has 4 nitrogen and oxygen atoms in total. The van der Waals surface area contributed by atoms with Gasteiger partial charge in [0.2, 0.25) is 5.91 Å². The first-order valence-corrected chi connectivity index (χ1v) is 9.45. The van der Waals surface area contributed by atoms with E-state index in [9.17, 15) is 18.0 Å². The van der Waals surface area contributed by atoms with Crippen molar-refractivity contribution in [1.29, 1.82) is 0 Å².